The first-order valence-corrected chi connectivity index (χ1v) is 6.97. The molecule has 0 radical (unpaired) electrons. The summed E-state index contributed by atoms with van der Waals surface area (Å²) < 4.78 is 5.68. The Balaban J connectivity index is 1.58. The van der Waals surface area contributed by atoms with Gasteiger partial charge in [-0.05, 0) is 43.5 Å². The topological polar surface area (TPSA) is 24.5 Å². The second kappa shape index (κ2) is 5.29. The molecule has 2 heterocycles. The Hall–Kier alpha value is -1.06. The molecule has 0 aliphatic carbocycles. The van der Waals surface area contributed by atoms with Crippen molar-refractivity contribution in [3.8, 4) is 0 Å². The van der Waals surface area contributed by atoms with Crippen LogP contribution in [-0.4, -0.2) is 37.7 Å². The summed E-state index contributed by atoms with van der Waals surface area (Å²) >= 11 is 0. The van der Waals surface area contributed by atoms with Gasteiger partial charge in [-0.2, -0.15) is 0 Å². The summed E-state index contributed by atoms with van der Waals surface area (Å²) in [6.07, 6.45) is 4.06. The first kappa shape index (κ1) is 12.0. The molecular weight excluding hydrogens is 224 g/mol. The number of fused-ring (bicyclic) bond motifs is 1. The van der Waals surface area contributed by atoms with Gasteiger partial charge in [-0.3, -0.25) is 4.90 Å². The molecule has 1 atom stereocenters. The molecule has 3 nitrogen and oxygen atoms in total. The molecular formula is C15H22N2O. The van der Waals surface area contributed by atoms with Crippen molar-refractivity contribution in [1.29, 1.82) is 0 Å². The van der Waals surface area contributed by atoms with Gasteiger partial charge in [0, 0.05) is 31.9 Å². The smallest absolute Gasteiger partial charge is 0.0702 e. The van der Waals surface area contributed by atoms with E-state index in [2.05, 4.69) is 35.5 Å². The molecule has 0 aromatic heterocycles. The van der Waals surface area contributed by atoms with E-state index < -0.39 is 0 Å². The molecule has 2 aliphatic heterocycles. The molecule has 0 bridgehead atoms. The van der Waals surface area contributed by atoms with Crippen LogP contribution in [0.4, 0.5) is 5.69 Å². The lowest BCUT2D eigenvalue weighted by Crippen LogP contribution is -2.28. The van der Waals surface area contributed by atoms with Crippen molar-refractivity contribution in [1.82, 2.24) is 4.90 Å². The molecule has 0 saturated carbocycles. The molecule has 18 heavy (non-hydrogen) atoms. The normalized spacial score (nSPS) is 22.2. The fraction of sp³-hybridized carbons (Fsp3) is 0.600. The molecule has 1 N–H and O–H groups in total. The number of benzene rings is 1. The number of nitrogens with zero attached hydrogens (tertiary/aromatic N) is 1. The van der Waals surface area contributed by atoms with E-state index in [4.69, 9.17) is 4.74 Å². The number of likely N-dealkylation sites (N-methyl/N-ethyl adjacent to an activating group) is 1. The van der Waals surface area contributed by atoms with E-state index in [1.54, 1.807) is 0 Å². The summed E-state index contributed by atoms with van der Waals surface area (Å²) in [5.41, 5.74) is 4.18. The number of hydrogen-bond donors (Lipinski definition) is 1. The van der Waals surface area contributed by atoms with E-state index in [-0.39, 0.29) is 0 Å². The van der Waals surface area contributed by atoms with Crippen LogP contribution in [0.5, 0.6) is 0 Å². The summed E-state index contributed by atoms with van der Waals surface area (Å²) in [6, 6.07) is 6.83. The maximum atomic E-state index is 5.68. The van der Waals surface area contributed by atoms with Crippen molar-refractivity contribution in [2.24, 2.45) is 0 Å². The van der Waals surface area contributed by atoms with Crippen LogP contribution >= 0.6 is 0 Å². The molecule has 1 saturated heterocycles. The first-order chi connectivity index (χ1) is 8.81. The number of nitrogens with one attached hydrogen (secondary N) is 1. The van der Waals surface area contributed by atoms with Gasteiger partial charge < -0.3 is 10.1 Å². The Kier molecular flexibility index (Phi) is 3.52. The molecule has 3 rings (SSSR count). The zero-order valence-electron chi connectivity index (χ0n) is 11.1. The summed E-state index contributed by atoms with van der Waals surface area (Å²) in [5.74, 6) is 0. The fourth-order valence-electron chi connectivity index (χ4n) is 2.95. The highest BCUT2D eigenvalue weighted by atomic mass is 16.5. The van der Waals surface area contributed by atoms with Gasteiger partial charge in [-0.25, -0.2) is 0 Å². The number of rotatable bonds is 4. The average molecular weight is 246 g/mol. The summed E-state index contributed by atoms with van der Waals surface area (Å²) in [4.78, 5) is 2.37. The fourth-order valence-corrected chi connectivity index (χ4v) is 2.95. The van der Waals surface area contributed by atoms with Gasteiger partial charge in [0.05, 0.1) is 6.10 Å². The third-order valence-corrected chi connectivity index (χ3v) is 3.88. The molecule has 3 heteroatoms. The second-order valence-corrected chi connectivity index (χ2v) is 5.50. The second-order valence-electron chi connectivity index (χ2n) is 5.50. The van der Waals surface area contributed by atoms with Crippen molar-refractivity contribution in [2.45, 2.75) is 31.9 Å². The van der Waals surface area contributed by atoms with Crippen LogP contribution in [0.3, 0.4) is 0 Å². The molecule has 0 spiro atoms. The van der Waals surface area contributed by atoms with Crippen LogP contribution < -0.4 is 5.32 Å². The largest absolute Gasteiger partial charge is 0.384 e. The Morgan fingerprint density at radius 2 is 2.39 bits per heavy atom. The third-order valence-electron chi connectivity index (χ3n) is 3.88. The van der Waals surface area contributed by atoms with Gasteiger partial charge in [0.1, 0.15) is 0 Å². The van der Waals surface area contributed by atoms with E-state index in [0.717, 1.165) is 26.2 Å². The van der Waals surface area contributed by atoms with Crippen LogP contribution in [0, 0.1) is 0 Å². The summed E-state index contributed by atoms with van der Waals surface area (Å²) in [5, 5.41) is 3.44. The van der Waals surface area contributed by atoms with Crippen LogP contribution in [-0.2, 0) is 17.7 Å². The Morgan fingerprint density at radius 1 is 1.44 bits per heavy atom. The highest BCUT2D eigenvalue weighted by molar-refractivity contribution is 5.56. The average Bonchev–Trinajstić information content (AvgIpc) is 2.98. The van der Waals surface area contributed by atoms with Gasteiger partial charge in [0.25, 0.3) is 0 Å². The molecule has 1 aromatic carbocycles. The van der Waals surface area contributed by atoms with E-state index in [1.807, 2.05) is 0 Å². The highest BCUT2D eigenvalue weighted by Crippen LogP contribution is 2.24. The Labute approximate surface area is 109 Å². The van der Waals surface area contributed by atoms with E-state index in [0.29, 0.717) is 6.10 Å². The van der Waals surface area contributed by atoms with E-state index in [9.17, 15) is 0 Å². The van der Waals surface area contributed by atoms with Gasteiger partial charge in [-0.15, -0.1) is 0 Å². The van der Waals surface area contributed by atoms with Gasteiger partial charge >= 0.3 is 0 Å². The number of anilines is 1. The monoisotopic (exact) mass is 246 g/mol. The predicted octanol–water partition coefficient (Wildman–Crippen LogP) is 2.27. The molecule has 98 valence electrons. The zero-order chi connectivity index (χ0) is 12.4. The van der Waals surface area contributed by atoms with E-state index in [1.165, 1.54) is 36.1 Å². The lowest BCUT2D eigenvalue weighted by atomic mass is 10.1. The zero-order valence-corrected chi connectivity index (χ0v) is 11.1. The van der Waals surface area contributed by atoms with Crippen LogP contribution in [0.1, 0.15) is 24.0 Å². The quantitative estimate of drug-likeness (QED) is 0.882. The minimum absolute atomic E-state index is 0.447. The van der Waals surface area contributed by atoms with Gasteiger partial charge in [0.2, 0.25) is 0 Å². The minimum atomic E-state index is 0.447. The molecule has 0 amide bonds. The predicted molar refractivity (Wildman–Crippen MR) is 73.9 cm³/mol. The molecule has 1 fully saturated rings. The van der Waals surface area contributed by atoms with Crippen molar-refractivity contribution < 1.29 is 4.74 Å². The maximum Gasteiger partial charge on any atom is 0.0702 e. The minimum Gasteiger partial charge on any atom is -0.384 e. The summed E-state index contributed by atoms with van der Waals surface area (Å²) in [7, 11) is 2.18. The van der Waals surface area contributed by atoms with Crippen LogP contribution in [0.15, 0.2) is 18.2 Å². The lowest BCUT2D eigenvalue weighted by molar-refractivity contribution is 0.0793. The molecule has 1 aromatic rings. The van der Waals surface area contributed by atoms with Crippen molar-refractivity contribution in [3.63, 3.8) is 0 Å². The van der Waals surface area contributed by atoms with E-state index >= 15 is 0 Å². The standard InChI is InChI=1S/C15H22N2O/c1-17(11-14-3-2-8-18-14)10-12-4-5-13-6-7-16-15(13)9-12/h4-5,9,14,16H,2-3,6-8,10-11H2,1H3. The van der Waals surface area contributed by atoms with Gasteiger partial charge in [0.15, 0.2) is 0 Å². The van der Waals surface area contributed by atoms with Gasteiger partial charge in [-0.1, -0.05) is 12.1 Å². The number of ether oxygens (including phenoxy) is 1. The molecule has 2 aliphatic rings. The Morgan fingerprint density at radius 3 is 3.22 bits per heavy atom. The van der Waals surface area contributed by atoms with Crippen molar-refractivity contribution >= 4 is 5.69 Å². The first-order valence-electron chi connectivity index (χ1n) is 6.97. The van der Waals surface area contributed by atoms with Crippen LogP contribution in [0.2, 0.25) is 0 Å². The summed E-state index contributed by atoms with van der Waals surface area (Å²) in [6.45, 7) is 4.09. The molecule has 1 unspecified atom stereocenters. The Bertz CT molecular complexity index is 413. The third kappa shape index (κ3) is 2.68. The van der Waals surface area contributed by atoms with Crippen molar-refractivity contribution in [2.75, 3.05) is 32.1 Å². The maximum absolute atomic E-state index is 5.68. The lowest BCUT2D eigenvalue weighted by Gasteiger charge is -2.20. The SMILES string of the molecule is CN(Cc1ccc2c(c1)NCC2)CC1CCCO1. The van der Waals surface area contributed by atoms with Crippen LogP contribution in [0.25, 0.3) is 0 Å². The number of hydrogen-bond acceptors (Lipinski definition) is 3. The highest BCUT2D eigenvalue weighted by Gasteiger charge is 2.17. The van der Waals surface area contributed by atoms with Crippen molar-refractivity contribution in [3.05, 3.63) is 29.3 Å².